The Bertz CT molecular complexity index is 389. The Balaban J connectivity index is 1.95. The topological polar surface area (TPSA) is 62.9 Å². The minimum Gasteiger partial charge on any atom is -0.385 e. The molecule has 5 nitrogen and oxygen atoms in total. The molecule has 1 saturated carbocycles. The van der Waals surface area contributed by atoms with Gasteiger partial charge in [0.1, 0.15) is 0 Å². The molecule has 0 radical (unpaired) electrons. The first-order valence-electron chi connectivity index (χ1n) is 6.63. The molecule has 1 fully saturated rings. The van der Waals surface area contributed by atoms with E-state index < -0.39 is 0 Å². The lowest BCUT2D eigenvalue weighted by molar-refractivity contribution is 0.196. The standard InChI is InChI=1S/C13H22N4OS/c1-18-7-2-6-15-13(16-14)17(12-3-4-12)9-11-5-8-19-10-11/h5,8,10,12H,2-4,6-7,9,14H2,1H3,(H,15,16). The first-order valence-corrected chi connectivity index (χ1v) is 7.57. The van der Waals surface area contributed by atoms with Crippen LogP contribution in [0.3, 0.4) is 0 Å². The second-order valence-electron chi connectivity index (χ2n) is 4.69. The number of hydrogen-bond acceptors (Lipinski definition) is 4. The number of nitrogens with zero attached hydrogens (tertiary/aromatic N) is 2. The van der Waals surface area contributed by atoms with Crippen LogP contribution in [-0.2, 0) is 11.3 Å². The molecule has 19 heavy (non-hydrogen) atoms. The number of methoxy groups -OCH3 is 1. The third-order valence-electron chi connectivity index (χ3n) is 3.09. The van der Waals surface area contributed by atoms with Crippen molar-refractivity contribution in [1.82, 2.24) is 10.3 Å². The summed E-state index contributed by atoms with van der Waals surface area (Å²) in [6, 6.07) is 2.73. The lowest BCUT2D eigenvalue weighted by atomic mass is 10.3. The van der Waals surface area contributed by atoms with E-state index in [0.29, 0.717) is 6.04 Å². The van der Waals surface area contributed by atoms with Crippen molar-refractivity contribution >= 4 is 17.3 Å². The lowest BCUT2D eigenvalue weighted by Gasteiger charge is -2.25. The molecule has 2 rings (SSSR count). The van der Waals surface area contributed by atoms with Gasteiger partial charge < -0.3 is 9.64 Å². The van der Waals surface area contributed by atoms with Crippen LogP contribution < -0.4 is 11.3 Å². The molecule has 0 aliphatic heterocycles. The van der Waals surface area contributed by atoms with E-state index in [1.807, 2.05) is 0 Å². The highest BCUT2D eigenvalue weighted by Crippen LogP contribution is 2.28. The number of aliphatic imine (C=N–C) groups is 1. The Morgan fingerprint density at radius 1 is 1.63 bits per heavy atom. The van der Waals surface area contributed by atoms with Gasteiger partial charge in [-0.25, -0.2) is 5.84 Å². The maximum Gasteiger partial charge on any atom is 0.208 e. The van der Waals surface area contributed by atoms with Crippen LogP contribution in [0.15, 0.2) is 21.8 Å². The van der Waals surface area contributed by atoms with E-state index in [4.69, 9.17) is 10.6 Å². The summed E-state index contributed by atoms with van der Waals surface area (Å²) in [6.45, 7) is 2.34. The van der Waals surface area contributed by atoms with Crippen LogP contribution in [0.25, 0.3) is 0 Å². The van der Waals surface area contributed by atoms with Crippen molar-refractivity contribution in [2.24, 2.45) is 10.8 Å². The third kappa shape index (κ3) is 4.49. The maximum absolute atomic E-state index is 5.63. The molecule has 3 N–H and O–H groups in total. The number of ether oxygens (including phenoxy) is 1. The SMILES string of the molecule is COCCCN=C(NN)N(Cc1ccsc1)C1CC1. The predicted octanol–water partition coefficient (Wildman–Crippen LogP) is 1.57. The van der Waals surface area contributed by atoms with Crippen molar-refractivity contribution < 1.29 is 4.74 Å². The van der Waals surface area contributed by atoms with Gasteiger partial charge in [-0.1, -0.05) is 0 Å². The summed E-state index contributed by atoms with van der Waals surface area (Å²) in [7, 11) is 1.71. The largest absolute Gasteiger partial charge is 0.385 e. The minimum absolute atomic E-state index is 0.581. The molecular weight excluding hydrogens is 260 g/mol. The summed E-state index contributed by atoms with van der Waals surface area (Å²) in [5.41, 5.74) is 4.07. The van der Waals surface area contributed by atoms with E-state index >= 15 is 0 Å². The molecule has 1 aliphatic carbocycles. The van der Waals surface area contributed by atoms with Crippen molar-refractivity contribution in [2.45, 2.75) is 31.8 Å². The van der Waals surface area contributed by atoms with Crippen molar-refractivity contribution in [1.29, 1.82) is 0 Å². The van der Waals surface area contributed by atoms with Gasteiger partial charge in [-0.2, -0.15) is 11.3 Å². The number of hydrogen-bond donors (Lipinski definition) is 2. The molecule has 1 aliphatic rings. The van der Waals surface area contributed by atoms with Crippen LogP contribution in [0, 0.1) is 0 Å². The van der Waals surface area contributed by atoms with Gasteiger partial charge in [0.2, 0.25) is 5.96 Å². The average molecular weight is 282 g/mol. The fraction of sp³-hybridized carbons (Fsp3) is 0.615. The first kappa shape index (κ1) is 14.3. The van der Waals surface area contributed by atoms with Crippen LogP contribution in [0.5, 0.6) is 0 Å². The van der Waals surface area contributed by atoms with E-state index in [-0.39, 0.29) is 0 Å². The second kappa shape index (κ2) is 7.47. The maximum atomic E-state index is 5.63. The molecule has 106 valence electrons. The van der Waals surface area contributed by atoms with E-state index in [0.717, 1.165) is 32.1 Å². The number of guanidine groups is 1. The normalized spacial score (nSPS) is 15.6. The molecule has 0 spiro atoms. The highest BCUT2D eigenvalue weighted by atomic mass is 32.1. The summed E-state index contributed by atoms with van der Waals surface area (Å²) in [4.78, 5) is 6.82. The zero-order valence-electron chi connectivity index (χ0n) is 11.3. The molecule has 1 aromatic heterocycles. The Hall–Kier alpha value is -1.11. The number of nitrogens with two attached hydrogens (primary N) is 1. The van der Waals surface area contributed by atoms with E-state index in [9.17, 15) is 0 Å². The van der Waals surface area contributed by atoms with Gasteiger partial charge >= 0.3 is 0 Å². The quantitative estimate of drug-likeness (QED) is 0.262. The number of thiophene rings is 1. The molecule has 1 heterocycles. The number of rotatable bonds is 7. The fourth-order valence-electron chi connectivity index (χ4n) is 1.96. The average Bonchev–Trinajstić information content (AvgIpc) is 3.14. The smallest absolute Gasteiger partial charge is 0.208 e. The molecule has 0 atom stereocenters. The summed E-state index contributed by atoms with van der Waals surface area (Å²) >= 11 is 1.72. The molecule has 0 bridgehead atoms. The highest BCUT2D eigenvalue weighted by molar-refractivity contribution is 7.07. The predicted molar refractivity (Wildman–Crippen MR) is 79.0 cm³/mol. The Labute approximate surface area is 118 Å². The molecule has 1 aromatic rings. The number of hydrazine groups is 1. The van der Waals surface area contributed by atoms with Gasteiger partial charge in [0.05, 0.1) is 0 Å². The molecule has 0 amide bonds. The van der Waals surface area contributed by atoms with Gasteiger partial charge in [0.25, 0.3) is 0 Å². The monoisotopic (exact) mass is 282 g/mol. The summed E-state index contributed by atoms with van der Waals surface area (Å²) in [6.07, 6.45) is 3.37. The Kier molecular flexibility index (Phi) is 5.62. The molecule has 0 saturated heterocycles. The molecule has 0 aromatic carbocycles. The van der Waals surface area contributed by atoms with Crippen LogP contribution in [0.2, 0.25) is 0 Å². The molecule has 0 unspecified atom stereocenters. The summed E-state index contributed by atoms with van der Waals surface area (Å²) in [5.74, 6) is 6.43. The van der Waals surface area contributed by atoms with Crippen LogP contribution in [0.1, 0.15) is 24.8 Å². The minimum atomic E-state index is 0.581. The van der Waals surface area contributed by atoms with Gasteiger partial charge in [-0.15, -0.1) is 0 Å². The molecule has 6 heteroatoms. The third-order valence-corrected chi connectivity index (χ3v) is 3.82. The second-order valence-corrected chi connectivity index (χ2v) is 5.47. The van der Waals surface area contributed by atoms with E-state index in [1.165, 1.54) is 18.4 Å². The van der Waals surface area contributed by atoms with Crippen molar-refractivity contribution in [3.8, 4) is 0 Å². The van der Waals surface area contributed by atoms with Crippen molar-refractivity contribution in [2.75, 3.05) is 20.3 Å². The van der Waals surface area contributed by atoms with Crippen molar-refractivity contribution in [3.63, 3.8) is 0 Å². The summed E-state index contributed by atoms with van der Waals surface area (Å²) < 4.78 is 5.03. The Morgan fingerprint density at radius 2 is 2.47 bits per heavy atom. The van der Waals surface area contributed by atoms with Crippen LogP contribution in [-0.4, -0.2) is 37.2 Å². The number of nitrogens with one attached hydrogen (secondary N) is 1. The van der Waals surface area contributed by atoms with Gasteiger partial charge in [0.15, 0.2) is 0 Å². The van der Waals surface area contributed by atoms with E-state index in [1.54, 1.807) is 18.4 Å². The van der Waals surface area contributed by atoms with Crippen LogP contribution in [0.4, 0.5) is 0 Å². The molecular formula is C13H22N4OS. The van der Waals surface area contributed by atoms with E-state index in [2.05, 4.69) is 32.1 Å². The van der Waals surface area contributed by atoms with Gasteiger partial charge in [0, 0.05) is 32.8 Å². The Morgan fingerprint density at radius 3 is 3.05 bits per heavy atom. The van der Waals surface area contributed by atoms with Gasteiger partial charge in [-0.05, 0) is 41.7 Å². The highest BCUT2D eigenvalue weighted by Gasteiger charge is 2.31. The van der Waals surface area contributed by atoms with Crippen molar-refractivity contribution in [3.05, 3.63) is 22.4 Å². The fourth-order valence-corrected chi connectivity index (χ4v) is 2.62. The van der Waals surface area contributed by atoms with Gasteiger partial charge in [-0.3, -0.25) is 10.4 Å². The lowest BCUT2D eigenvalue weighted by Crippen LogP contribution is -2.45. The first-order chi connectivity index (χ1) is 9.35. The zero-order chi connectivity index (χ0) is 13.5. The summed E-state index contributed by atoms with van der Waals surface area (Å²) in [5, 5.41) is 4.28. The van der Waals surface area contributed by atoms with Crippen LogP contribution >= 0.6 is 11.3 Å². The zero-order valence-corrected chi connectivity index (χ0v) is 12.2.